The highest BCUT2D eigenvalue weighted by Crippen LogP contribution is 2.33. The minimum atomic E-state index is -4.24. The standard InChI is InChI=1S/C29H30Cl3N3O4S/c1-20(29(37)33-24-7-5-6-8-24)34(18-21-11-13-22(30)14-12-21)28(36)19-35(27-17-23(31)15-16-26(27)32)40(38,39)25-9-3-2-4-10-25/h2-4,9-17,20,24H,5-8,18-19H2,1H3,(H,33,37)/t20-/m0/s1. The first-order valence-corrected chi connectivity index (χ1v) is 15.5. The number of anilines is 1. The van der Waals surface area contributed by atoms with E-state index in [1.54, 1.807) is 49.4 Å². The van der Waals surface area contributed by atoms with Crippen LogP contribution < -0.4 is 9.62 Å². The summed E-state index contributed by atoms with van der Waals surface area (Å²) in [5.41, 5.74) is 0.789. The quantitative estimate of drug-likeness (QED) is 0.287. The van der Waals surface area contributed by atoms with E-state index in [2.05, 4.69) is 5.32 Å². The lowest BCUT2D eigenvalue weighted by molar-refractivity contribution is -0.139. The van der Waals surface area contributed by atoms with Crippen LogP contribution in [-0.2, 0) is 26.2 Å². The zero-order valence-corrected chi connectivity index (χ0v) is 25.0. The van der Waals surface area contributed by atoms with E-state index in [1.165, 1.54) is 35.2 Å². The van der Waals surface area contributed by atoms with E-state index in [9.17, 15) is 18.0 Å². The van der Waals surface area contributed by atoms with Crippen molar-refractivity contribution in [2.45, 2.75) is 56.1 Å². The Bertz CT molecular complexity index is 1450. The molecule has 40 heavy (non-hydrogen) atoms. The smallest absolute Gasteiger partial charge is 0.264 e. The molecule has 0 radical (unpaired) electrons. The normalized spacial score (nSPS) is 14.5. The van der Waals surface area contributed by atoms with E-state index >= 15 is 0 Å². The molecule has 0 aromatic heterocycles. The second-order valence-electron chi connectivity index (χ2n) is 9.73. The molecule has 0 bridgehead atoms. The molecular weight excluding hydrogens is 593 g/mol. The fourth-order valence-electron chi connectivity index (χ4n) is 4.67. The van der Waals surface area contributed by atoms with Gasteiger partial charge in [0.1, 0.15) is 12.6 Å². The van der Waals surface area contributed by atoms with Crippen LogP contribution in [0.1, 0.15) is 38.2 Å². The molecular formula is C29H30Cl3N3O4S. The third-order valence-electron chi connectivity index (χ3n) is 6.92. The van der Waals surface area contributed by atoms with Crippen molar-refractivity contribution in [2.75, 3.05) is 10.8 Å². The van der Waals surface area contributed by atoms with Gasteiger partial charge >= 0.3 is 0 Å². The predicted octanol–water partition coefficient (Wildman–Crippen LogP) is 6.32. The molecule has 2 amide bonds. The fourth-order valence-corrected chi connectivity index (χ4v) is 6.68. The van der Waals surface area contributed by atoms with E-state index < -0.39 is 28.5 Å². The maximum Gasteiger partial charge on any atom is 0.264 e. The summed E-state index contributed by atoms with van der Waals surface area (Å²) in [6, 6.07) is 18.3. The Morgan fingerprint density at radius 2 is 1.55 bits per heavy atom. The number of amides is 2. The van der Waals surface area contributed by atoms with Gasteiger partial charge in [-0.1, -0.05) is 78.0 Å². The summed E-state index contributed by atoms with van der Waals surface area (Å²) in [5, 5.41) is 3.93. The second kappa shape index (κ2) is 13.3. The molecule has 0 saturated heterocycles. The Hall–Kier alpha value is -2.78. The van der Waals surface area contributed by atoms with Crippen molar-refractivity contribution >= 4 is 62.3 Å². The van der Waals surface area contributed by atoms with E-state index in [1.807, 2.05) is 0 Å². The summed E-state index contributed by atoms with van der Waals surface area (Å²) in [5.74, 6) is -0.882. The van der Waals surface area contributed by atoms with Gasteiger partial charge in [0.25, 0.3) is 10.0 Å². The van der Waals surface area contributed by atoms with Gasteiger partial charge in [0.15, 0.2) is 0 Å². The number of nitrogens with one attached hydrogen (secondary N) is 1. The molecule has 1 fully saturated rings. The average Bonchev–Trinajstić information content (AvgIpc) is 3.45. The molecule has 1 aliphatic carbocycles. The van der Waals surface area contributed by atoms with Crippen molar-refractivity contribution in [3.63, 3.8) is 0 Å². The minimum Gasteiger partial charge on any atom is -0.352 e. The maximum absolute atomic E-state index is 14.0. The average molecular weight is 623 g/mol. The molecule has 212 valence electrons. The van der Waals surface area contributed by atoms with Crippen LogP contribution in [0.4, 0.5) is 5.69 Å². The number of benzene rings is 3. The van der Waals surface area contributed by atoms with Gasteiger partial charge in [0, 0.05) is 22.6 Å². The van der Waals surface area contributed by atoms with E-state index in [0.29, 0.717) is 5.02 Å². The summed E-state index contributed by atoms with van der Waals surface area (Å²) in [6.07, 6.45) is 3.86. The molecule has 0 aliphatic heterocycles. The number of halogens is 3. The molecule has 1 N–H and O–H groups in total. The van der Waals surface area contributed by atoms with Crippen molar-refractivity contribution in [3.05, 3.63) is 93.4 Å². The Morgan fingerprint density at radius 3 is 2.20 bits per heavy atom. The van der Waals surface area contributed by atoms with Crippen LogP contribution in [0.5, 0.6) is 0 Å². The Labute approximate surface area is 250 Å². The maximum atomic E-state index is 14.0. The first kappa shape index (κ1) is 30.2. The van der Waals surface area contributed by atoms with Gasteiger partial charge in [-0.05, 0) is 67.8 Å². The van der Waals surface area contributed by atoms with Crippen LogP contribution in [0, 0.1) is 0 Å². The monoisotopic (exact) mass is 621 g/mol. The number of nitrogens with zero attached hydrogens (tertiary/aromatic N) is 2. The predicted molar refractivity (Wildman–Crippen MR) is 159 cm³/mol. The SMILES string of the molecule is C[C@@H](C(=O)NC1CCCC1)N(Cc1ccc(Cl)cc1)C(=O)CN(c1cc(Cl)ccc1Cl)S(=O)(=O)c1ccccc1. The summed E-state index contributed by atoms with van der Waals surface area (Å²) < 4.78 is 28.6. The van der Waals surface area contributed by atoms with Gasteiger partial charge in [-0.2, -0.15) is 0 Å². The first-order valence-electron chi connectivity index (χ1n) is 12.9. The lowest BCUT2D eigenvalue weighted by Crippen LogP contribution is -2.52. The van der Waals surface area contributed by atoms with Gasteiger partial charge in [0.2, 0.25) is 11.8 Å². The lowest BCUT2D eigenvalue weighted by atomic mass is 10.1. The van der Waals surface area contributed by atoms with Crippen LogP contribution in [0.2, 0.25) is 15.1 Å². The highest BCUT2D eigenvalue weighted by molar-refractivity contribution is 7.92. The number of carbonyl (C=O) groups excluding carboxylic acids is 2. The second-order valence-corrected chi connectivity index (χ2v) is 12.9. The van der Waals surface area contributed by atoms with Crippen molar-refractivity contribution in [1.82, 2.24) is 10.2 Å². The van der Waals surface area contributed by atoms with Crippen molar-refractivity contribution in [1.29, 1.82) is 0 Å². The van der Waals surface area contributed by atoms with Crippen LogP contribution in [-0.4, -0.2) is 43.8 Å². The van der Waals surface area contributed by atoms with Gasteiger partial charge in [-0.25, -0.2) is 8.42 Å². The van der Waals surface area contributed by atoms with Crippen molar-refractivity contribution < 1.29 is 18.0 Å². The zero-order chi connectivity index (χ0) is 28.9. The first-order chi connectivity index (χ1) is 19.1. The number of sulfonamides is 1. The van der Waals surface area contributed by atoms with E-state index in [0.717, 1.165) is 35.6 Å². The molecule has 0 heterocycles. The molecule has 4 rings (SSSR count). The van der Waals surface area contributed by atoms with E-state index in [4.69, 9.17) is 34.8 Å². The van der Waals surface area contributed by atoms with Crippen LogP contribution >= 0.6 is 34.8 Å². The van der Waals surface area contributed by atoms with Gasteiger partial charge in [-0.3, -0.25) is 13.9 Å². The lowest BCUT2D eigenvalue weighted by Gasteiger charge is -2.32. The molecule has 0 spiro atoms. The van der Waals surface area contributed by atoms with Crippen LogP contribution in [0.15, 0.2) is 77.7 Å². The highest BCUT2D eigenvalue weighted by atomic mass is 35.5. The Morgan fingerprint density at radius 1 is 0.925 bits per heavy atom. The minimum absolute atomic E-state index is 0.0184. The van der Waals surface area contributed by atoms with Crippen LogP contribution in [0.3, 0.4) is 0 Å². The van der Waals surface area contributed by atoms with Crippen molar-refractivity contribution in [3.8, 4) is 0 Å². The topological polar surface area (TPSA) is 86.8 Å². The summed E-state index contributed by atoms with van der Waals surface area (Å²) >= 11 is 18.7. The number of hydrogen-bond donors (Lipinski definition) is 1. The molecule has 3 aromatic carbocycles. The van der Waals surface area contributed by atoms with E-state index in [-0.39, 0.29) is 39.1 Å². The number of carbonyl (C=O) groups is 2. The molecule has 1 atom stereocenters. The molecule has 0 unspecified atom stereocenters. The Balaban J connectivity index is 1.70. The highest BCUT2D eigenvalue weighted by Gasteiger charge is 2.34. The number of hydrogen-bond acceptors (Lipinski definition) is 4. The third kappa shape index (κ3) is 7.29. The summed E-state index contributed by atoms with van der Waals surface area (Å²) in [7, 11) is -4.24. The van der Waals surface area contributed by atoms with Gasteiger partial charge in [-0.15, -0.1) is 0 Å². The summed E-state index contributed by atoms with van der Waals surface area (Å²) in [4.78, 5) is 28.6. The molecule has 3 aromatic rings. The van der Waals surface area contributed by atoms with Crippen molar-refractivity contribution in [2.24, 2.45) is 0 Å². The molecule has 1 saturated carbocycles. The van der Waals surface area contributed by atoms with Gasteiger partial charge < -0.3 is 10.2 Å². The van der Waals surface area contributed by atoms with Crippen LogP contribution in [0.25, 0.3) is 0 Å². The largest absolute Gasteiger partial charge is 0.352 e. The molecule has 7 nitrogen and oxygen atoms in total. The van der Waals surface area contributed by atoms with Gasteiger partial charge in [0.05, 0.1) is 15.6 Å². The Kier molecular flexibility index (Phi) is 10.0. The fraction of sp³-hybridized carbons (Fsp3) is 0.310. The summed E-state index contributed by atoms with van der Waals surface area (Å²) in [6.45, 7) is 1.10. The third-order valence-corrected chi connectivity index (χ3v) is 9.50. The zero-order valence-electron chi connectivity index (χ0n) is 21.9. The number of rotatable bonds is 10. The molecule has 1 aliphatic rings. The molecule has 11 heteroatoms.